The van der Waals surface area contributed by atoms with E-state index in [9.17, 15) is 27.5 Å². The summed E-state index contributed by atoms with van der Waals surface area (Å²) in [6, 6.07) is 9.37. The fourth-order valence-corrected chi connectivity index (χ4v) is 3.50. The van der Waals surface area contributed by atoms with Crippen LogP contribution in [0.2, 0.25) is 0 Å². The van der Waals surface area contributed by atoms with E-state index in [0.29, 0.717) is 5.56 Å². The van der Waals surface area contributed by atoms with Gasteiger partial charge in [0.2, 0.25) is 0 Å². The maximum absolute atomic E-state index is 13.7. The van der Waals surface area contributed by atoms with Crippen LogP contribution in [0.3, 0.4) is 0 Å². The zero-order valence-corrected chi connectivity index (χ0v) is 17.0. The molecular formula is C22H16F4N4O3. The van der Waals surface area contributed by atoms with Crippen molar-refractivity contribution in [3.63, 3.8) is 0 Å². The molecule has 0 aliphatic rings. The van der Waals surface area contributed by atoms with Gasteiger partial charge in [0.1, 0.15) is 23.5 Å². The normalized spacial score (nSPS) is 12.8. The molecule has 1 unspecified atom stereocenters. The van der Waals surface area contributed by atoms with Gasteiger partial charge in [-0.2, -0.15) is 13.2 Å². The standard InChI is InChI=1S/C22H16F4N4O3/c1-33-16(11-12-4-2-5-13(23)10-12)30-20(18-15(31)6-3-8-27-18)29-14-7-9-28-19(22(24,25)26)17(14)21(30)32/h2-10,16,31H,11H2,1H3. The Morgan fingerprint density at radius 1 is 1.12 bits per heavy atom. The molecule has 170 valence electrons. The van der Waals surface area contributed by atoms with Gasteiger partial charge >= 0.3 is 6.18 Å². The Hall–Kier alpha value is -3.86. The number of fused-ring (bicyclic) bond motifs is 1. The van der Waals surface area contributed by atoms with Gasteiger partial charge in [-0.3, -0.25) is 14.3 Å². The Bertz CT molecular complexity index is 1390. The van der Waals surface area contributed by atoms with E-state index in [0.717, 1.165) is 16.8 Å². The van der Waals surface area contributed by atoms with Crippen LogP contribution in [0.4, 0.5) is 17.6 Å². The minimum Gasteiger partial charge on any atom is -0.506 e. The van der Waals surface area contributed by atoms with E-state index in [4.69, 9.17) is 4.74 Å². The van der Waals surface area contributed by atoms with Gasteiger partial charge < -0.3 is 9.84 Å². The van der Waals surface area contributed by atoms with Crippen LogP contribution in [0.15, 0.2) is 59.7 Å². The SMILES string of the molecule is COC(Cc1cccc(F)c1)n1c(-c2ncccc2O)nc2ccnc(C(F)(F)F)c2c1=O. The third-order valence-corrected chi connectivity index (χ3v) is 4.94. The summed E-state index contributed by atoms with van der Waals surface area (Å²) >= 11 is 0. The van der Waals surface area contributed by atoms with E-state index in [2.05, 4.69) is 15.0 Å². The first-order chi connectivity index (χ1) is 15.7. The van der Waals surface area contributed by atoms with Crippen molar-refractivity contribution in [1.29, 1.82) is 0 Å². The zero-order chi connectivity index (χ0) is 23.8. The average Bonchev–Trinajstić information content (AvgIpc) is 2.77. The van der Waals surface area contributed by atoms with Gasteiger partial charge in [0.05, 0.1) is 10.9 Å². The summed E-state index contributed by atoms with van der Waals surface area (Å²) in [5.74, 6) is -1.09. The minimum absolute atomic E-state index is 0.0798. The molecule has 3 heterocycles. The summed E-state index contributed by atoms with van der Waals surface area (Å²) in [7, 11) is 1.25. The number of methoxy groups -OCH3 is 1. The van der Waals surface area contributed by atoms with Gasteiger partial charge in [0.25, 0.3) is 5.56 Å². The summed E-state index contributed by atoms with van der Waals surface area (Å²) in [6.07, 6.45) is -3.97. The molecule has 0 fully saturated rings. The molecule has 1 aromatic carbocycles. The van der Waals surface area contributed by atoms with Crippen LogP contribution < -0.4 is 5.56 Å². The highest BCUT2D eigenvalue weighted by atomic mass is 19.4. The second kappa shape index (κ2) is 8.58. The van der Waals surface area contributed by atoms with E-state index in [1.165, 1.54) is 43.6 Å². The van der Waals surface area contributed by atoms with Crippen molar-refractivity contribution >= 4 is 10.9 Å². The number of hydrogen-bond donors (Lipinski definition) is 1. The van der Waals surface area contributed by atoms with Crippen molar-refractivity contribution in [3.8, 4) is 17.3 Å². The molecule has 1 N–H and O–H groups in total. The highest BCUT2D eigenvalue weighted by molar-refractivity contribution is 5.82. The van der Waals surface area contributed by atoms with Crippen molar-refractivity contribution in [1.82, 2.24) is 19.5 Å². The molecule has 0 saturated carbocycles. The molecule has 4 aromatic rings. The number of alkyl halides is 3. The predicted molar refractivity (Wildman–Crippen MR) is 110 cm³/mol. The van der Waals surface area contributed by atoms with Crippen molar-refractivity contribution in [3.05, 3.63) is 82.3 Å². The summed E-state index contributed by atoms with van der Waals surface area (Å²) in [6.45, 7) is 0. The highest BCUT2D eigenvalue weighted by Crippen LogP contribution is 2.33. The number of benzene rings is 1. The third-order valence-electron chi connectivity index (χ3n) is 4.94. The van der Waals surface area contributed by atoms with Crippen LogP contribution in [0.25, 0.3) is 22.4 Å². The number of hydrogen-bond acceptors (Lipinski definition) is 6. The molecule has 0 aliphatic carbocycles. The number of pyridine rings is 2. The lowest BCUT2D eigenvalue weighted by molar-refractivity contribution is -0.139. The van der Waals surface area contributed by atoms with Crippen molar-refractivity contribution in [2.24, 2.45) is 0 Å². The van der Waals surface area contributed by atoms with Crippen LogP contribution in [0.1, 0.15) is 17.5 Å². The van der Waals surface area contributed by atoms with Gasteiger partial charge in [-0.1, -0.05) is 12.1 Å². The fourth-order valence-electron chi connectivity index (χ4n) is 3.50. The van der Waals surface area contributed by atoms with Crippen LogP contribution in [-0.4, -0.2) is 31.7 Å². The maximum atomic E-state index is 13.7. The van der Waals surface area contributed by atoms with Crippen molar-refractivity contribution < 1.29 is 27.4 Å². The quantitative estimate of drug-likeness (QED) is 0.451. The fraction of sp³-hybridized carbons (Fsp3) is 0.182. The lowest BCUT2D eigenvalue weighted by atomic mass is 10.1. The Kier molecular flexibility index (Phi) is 5.81. The van der Waals surface area contributed by atoms with Gasteiger partial charge in [-0.25, -0.2) is 14.4 Å². The minimum atomic E-state index is -4.92. The number of aromatic hydroxyl groups is 1. The average molecular weight is 460 g/mol. The highest BCUT2D eigenvalue weighted by Gasteiger charge is 2.37. The van der Waals surface area contributed by atoms with Crippen LogP contribution in [0, 0.1) is 5.82 Å². The summed E-state index contributed by atoms with van der Waals surface area (Å²) in [5.41, 5.74) is -2.48. The molecule has 0 saturated heterocycles. The zero-order valence-electron chi connectivity index (χ0n) is 17.0. The molecule has 0 aliphatic heterocycles. The van der Waals surface area contributed by atoms with Crippen LogP contribution >= 0.6 is 0 Å². The monoisotopic (exact) mass is 460 g/mol. The number of nitrogens with zero attached hydrogens (tertiary/aromatic N) is 4. The van der Waals surface area contributed by atoms with E-state index in [1.807, 2.05) is 0 Å². The summed E-state index contributed by atoms with van der Waals surface area (Å²) < 4.78 is 60.9. The first kappa shape index (κ1) is 22.3. The molecule has 4 rings (SSSR count). The molecule has 7 nitrogen and oxygen atoms in total. The summed E-state index contributed by atoms with van der Waals surface area (Å²) in [4.78, 5) is 25.1. The second-order valence-electron chi connectivity index (χ2n) is 7.06. The van der Waals surface area contributed by atoms with E-state index >= 15 is 0 Å². The Morgan fingerprint density at radius 2 is 1.91 bits per heavy atom. The van der Waals surface area contributed by atoms with E-state index in [1.54, 1.807) is 6.07 Å². The Labute approximate surface area is 184 Å². The van der Waals surface area contributed by atoms with Gasteiger partial charge in [-0.15, -0.1) is 0 Å². The number of halogens is 4. The number of ether oxygens (including phenoxy) is 1. The van der Waals surface area contributed by atoms with E-state index < -0.39 is 34.9 Å². The Balaban J connectivity index is 2.04. The molecular weight excluding hydrogens is 444 g/mol. The number of aromatic nitrogens is 4. The number of rotatable bonds is 5. The molecule has 0 spiro atoms. The maximum Gasteiger partial charge on any atom is 0.434 e. The first-order valence-electron chi connectivity index (χ1n) is 9.60. The lowest BCUT2D eigenvalue weighted by Crippen LogP contribution is -2.31. The smallest absolute Gasteiger partial charge is 0.434 e. The molecule has 33 heavy (non-hydrogen) atoms. The van der Waals surface area contributed by atoms with Crippen molar-refractivity contribution in [2.45, 2.75) is 18.8 Å². The molecule has 0 radical (unpaired) electrons. The Morgan fingerprint density at radius 3 is 2.58 bits per heavy atom. The molecule has 11 heteroatoms. The van der Waals surface area contributed by atoms with Crippen LogP contribution in [-0.2, 0) is 17.3 Å². The van der Waals surface area contributed by atoms with Gasteiger partial charge in [0.15, 0.2) is 11.5 Å². The predicted octanol–water partition coefficient (Wildman–Crippen LogP) is 4.10. The summed E-state index contributed by atoms with van der Waals surface area (Å²) in [5, 5.41) is 9.56. The topological polar surface area (TPSA) is 90.1 Å². The molecule has 3 aromatic heterocycles. The van der Waals surface area contributed by atoms with E-state index in [-0.39, 0.29) is 29.2 Å². The molecule has 1 atom stereocenters. The van der Waals surface area contributed by atoms with Gasteiger partial charge in [0, 0.05) is 25.9 Å². The largest absolute Gasteiger partial charge is 0.506 e. The van der Waals surface area contributed by atoms with Crippen molar-refractivity contribution in [2.75, 3.05) is 7.11 Å². The molecule has 0 bridgehead atoms. The van der Waals surface area contributed by atoms with Gasteiger partial charge in [-0.05, 0) is 35.9 Å². The first-order valence-corrected chi connectivity index (χ1v) is 9.60. The third kappa shape index (κ3) is 4.27. The van der Waals surface area contributed by atoms with Crippen LogP contribution in [0.5, 0.6) is 5.75 Å². The molecule has 0 amide bonds. The lowest BCUT2D eigenvalue weighted by Gasteiger charge is -2.23. The second-order valence-corrected chi connectivity index (χ2v) is 7.06.